The van der Waals surface area contributed by atoms with E-state index in [1.54, 1.807) is 6.07 Å². The molecule has 0 aliphatic carbocycles. The van der Waals surface area contributed by atoms with Crippen LogP contribution < -0.4 is 14.8 Å². The van der Waals surface area contributed by atoms with Crippen LogP contribution in [0.1, 0.15) is 5.56 Å². The van der Waals surface area contributed by atoms with Crippen LogP contribution in [0.4, 0.5) is 10.2 Å². The quantitative estimate of drug-likeness (QED) is 0.782. The van der Waals surface area contributed by atoms with Crippen molar-refractivity contribution < 1.29 is 13.9 Å². The van der Waals surface area contributed by atoms with E-state index >= 15 is 0 Å². The fourth-order valence-corrected chi connectivity index (χ4v) is 2.91. The molecule has 0 spiro atoms. The SMILES string of the molecule is Fc1ccc2ncnc(NCc3cc(Cl)c4c(c3)OCCO4)c2c1. The highest BCUT2D eigenvalue weighted by atomic mass is 35.5. The van der Waals surface area contributed by atoms with E-state index in [4.69, 9.17) is 21.1 Å². The van der Waals surface area contributed by atoms with Crippen molar-refractivity contribution in [1.29, 1.82) is 0 Å². The Morgan fingerprint density at radius 3 is 2.92 bits per heavy atom. The van der Waals surface area contributed by atoms with Crippen LogP contribution in [0, 0.1) is 5.82 Å². The molecule has 0 amide bonds. The Morgan fingerprint density at radius 1 is 1.12 bits per heavy atom. The normalized spacial score (nSPS) is 13.1. The average molecular weight is 346 g/mol. The molecule has 1 aliphatic heterocycles. The number of benzene rings is 2. The van der Waals surface area contributed by atoms with Crippen molar-refractivity contribution in [3.8, 4) is 11.5 Å². The number of anilines is 1. The van der Waals surface area contributed by atoms with Gasteiger partial charge >= 0.3 is 0 Å². The second kappa shape index (κ2) is 6.13. The van der Waals surface area contributed by atoms with E-state index < -0.39 is 0 Å². The molecule has 7 heteroatoms. The van der Waals surface area contributed by atoms with Crippen LogP contribution in [0.5, 0.6) is 11.5 Å². The molecule has 0 bridgehead atoms. The first-order valence-electron chi connectivity index (χ1n) is 7.43. The number of fused-ring (bicyclic) bond motifs is 2. The van der Waals surface area contributed by atoms with Crippen LogP contribution in [0.15, 0.2) is 36.7 Å². The lowest BCUT2D eigenvalue weighted by Crippen LogP contribution is -2.16. The highest BCUT2D eigenvalue weighted by Crippen LogP contribution is 2.38. The van der Waals surface area contributed by atoms with Crippen molar-refractivity contribution in [2.45, 2.75) is 6.54 Å². The number of ether oxygens (including phenoxy) is 2. The zero-order valence-corrected chi connectivity index (χ0v) is 13.3. The summed E-state index contributed by atoms with van der Waals surface area (Å²) >= 11 is 6.24. The third-order valence-corrected chi connectivity index (χ3v) is 3.99. The van der Waals surface area contributed by atoms with Crippen molar-refractivity contribution in [3.05, 3.63) is 53.1 Å². The minimum absolute atomic E-state index is 0.331. The van der Waals surface area contributed by atoms with E-state index in [0.29, 0.717) is 53.0 Å². The maximum Gasteiger partial charge on any atom is 0.179 e. The van der Waals surface area contributed by atoms with E-state index in [2.05, 4.69) is 15.3 Å². The van der Waals surface area contributed by atoms with Crippen molar-refractivity contribution in [3.63, 3.8) is 0 Å². The maximum absolute atomic E-state index is 13.5. The van der Waals surface area contributed by atoms with Gasteiger partial charge in [-0.15, -0.1) is 0 Å². The molecular formula is C17H13ClFN3O2. The summed E-state index contributed by atoms with van der Waals surface area (Å²) < 4.78 is 24.6. The van der Waals surface area contributed by atoms with Crippen molar-refractivity contribution in [2.24, 2.45) is 0 Å². The van der Waals surface area contributed by atoms with Crippen LogP contribution >= 0.6 is 11.6 Å². The zero-order chi connectivity index (χ0) is 16.5. The summed E-state index contributed by atoms with van der Waals surface area (Å²) in [5.74, 6) is 1.43. The summed E-state index contributed by atoms with van der Waals surface area (Å²) in [5, 5.41) is 4.32. The van der Waals surface area contributed by atoms with Crippen molar-refractivity contribution in [2.75, 3.05) is 18.5 Å². The average Bonchev–Trinajstić information content (AvgIpc) is 2.60. The van der Waals surface area contributed by atoms with Gasteiger partial charge in [-0.1, -0.05) is 11.6 Å². The lowest BCUT2D eigenvalue weighted by Gasteiger charge is -2.20. The molecule has 24 heavy (non-hydrogen) atoms. The predicted octanol–water partition coefficient (Wildman–Crippen LogP) is 3.81. The van der Waals surface area contributed by atoms with Crippen LogP contribution in [0.2, 0.25) is 5.02 Å². The second-order valence-corrected chi connectivity index (χ2v) is 5.75. The summed E-state index contributed by atoms with van der Waals surface area (Å²) in [6.45, 7) is 1.44. The first-order valence-corrected chi connectivity index (χ1v) is 7.80. The summed E-state index contributed by atoms with van der Waals surface area (Å²) in [6.07, 6.45) is 1.44. The van der Waals surface area contributed by atoms with Crippen LogP contribution in [0.3, 0.4) is 0 Å². The van der Waals surface area contributed by atoms with Gasteiger partial charge in [-0.25, -0.2) is 14.4 Å². The highest BCUT2D eigenvalue weighted by molar-refractivity contribution is 6.32. The molecule has 0 saturated heterocycles. The largest absolute Gasteiger partial charge is 0.486 e. The fourth-order valence-electron chi connectivity index (χ4n) is 2.62. The molecule has 1 N–H and O–H groups in total. The third kappa shape index (κ3) is 2.80. The van der Waals surface area contributed by atoms with E-state index in [0.717, 1.165) is 5.56 Å². The Kier molecular flexibility index (Phi) is 3.82. The minimum Gasteiger partial charge on any atom is -0.486 e. The van der Waals surface area contributed by atoms with Gasteiger partial charge in [0.15, 0.2) is 11.5 Å². The van der Waals surface area contributed by atoms with Crippen LogP contribution in [0.25, 0.3) is 10.9 Å². The molecule has 0 saturated carbocycles. The number of hydrogen-bond acceptors (Lipinski definition) is 5. The molecule has 2 aromatic carbocycles. The second-order valence-electron chi connectivity index (χ2n) is 5.34. The number of halogens is 2. The maximum atomic E-state index is 13.5. The van der Waals surface area contributed by atoms with Crippen molar-refractivity contribution in [1.82, 2.24) is 9.97 Å². The first-order chi connectivity index (χ1) is 11.7. The van der Waals surface area contributed by atoms with E-state index in [-0.39, 0.29) is 5.82 Å². The molecule has 0 unspecified atom stereocenters. The highest BCUT2D eigenvalue weighted by Gasteiger charge is 2.16. The summed E-state index contributed by atoms with van der Waals surface area (Å²) in [4.78, 5) is 8.33. The summed E-state index contributed by atoms with van der Waals surface area (Å²) in [5.41, 5.74) is 1.58. The molecule has 1 aromatic heterocycles. The van der Waals surface area contributed by atoms with E-state index in [9.17, 15) is 4.39 Å². The van der Waals surface area contributed by atoms with Gasteiger partial charge in [-0.2, -0.15) is 0 Å². The summed E-state index contributed by atoms with van der Waals surface area (Å²) in [6, 6.07) is 8.09. The monoisotopic (exact) mass is 345 g/mol. The molecule has 2 heterocycles. The molecule has 5 nitrogen and oxygen atoms in total. The molecule has 0 atom stereocenters. The van der Waals surface area contributed by atoms with Gasteiger partial charge in [0.25, 0.3) is 0 Å². The summed E-state index contributed by atoms with van der Waals surface area (Å²) in [7, 11) is 0. The standard InChI is InChI=1S/C17H13ClFN3O2/c18-13-5-10(6-15-16(13)24-4-3-23-15)8-20-17-12-7-11(19)1-2-14(12)21-9-22-17/h1-2,5-7,9H,3-4,8H2,(H,20,21,22). The van der Waals surface area contributed by atoms with Gasteiger partial charge < -0.3 is 14.8 Å². The van der Waals surface area contributed by atoms with E-state index in [1.807, 2.05) is 12.1 Å². The topological polar surface area (TPSA) is 56.3 Å². The smallest absolute Gasteiger partial charge is 0.179 e. The number of nitrogens with zero attached hydrogens (tertiary/aromatic N) is 2. The van der Waals surface area contributed by atoms with Gasteiger partial charge in [0.2, 0.25) is 0 Å². The molecule has 0 fully saturated rings. The lowest BCUT2D eigenvalue weighted by atomic mass is 10.2. The first kappa shape index (κ1) is 15.0. The molecule has 4 rings (SSSR count). The number of nitrogens with one attached hydrogen (secondary N) is 1. The molecule has 1 aliphatic rings. The Labute approximate surface area is 142 Å². The van der Waals surface area contributed by atoms with E-state index in [1.165, 1.54) is 18.5 Å². The van der Waals surface area contributed by atoms with Crippen molar-refractivity contribution >= 4 is 28.3 Å². The number of rotatable bonds is 3. The van der Waals surface area contributed by atoms with Gasteiger partial charge in [-0.3, -0.25) is 0 Å². The lowest BCUT2D eigenvalue weighted by molar-refractivity contribution is 0.171. The third-order valence-electron chi connectivity index (χ3n) is 3.71. The zero-order valence-electron chi connectivity index (χ0n) is 12.6. The molecule has 3 aromatic rings. The van der Waals surface area contributed by atoms with Crippen LogP contribution in [-0.2, 0) is 6.54 Å². The van der Waals surface area contributed by atoms with Gasteiger partial charge in [0.05, 0.1) is 10.5 Å². The molecule has 122 valence electrons. The predicted molar refractivity (Wildman–Crippen MR) is 89.3 cm³/mol. The Balaban J connectivity index is 1.61. The Hall–Kier alpha value is -2.60. The molecule has 0 radical (unpaired) electrons. The number of aromatic nitrogens is 2. The van der Waals surface area contributed by atoms with Gasteiger partial charge in [0.1, 0.15) is 31.2 Å². The molecular weight excluding hydrogens is 333 g/mol. The minimum atomic E-state index is -0.331. The Bertz CT molecular complexity index is 920. The number of hydrogen-bond donors (Lipinski definition) is 1. The van der Waals surface area contributed by atoms with Gasteiger partial charge in [-0.05, 0) is 35.9 Å². The fraction of sp³-hybridized carbons (Fsp3) is 0.176. The Morgan fingerprint density at radius 2 is 2.00 bits per heavy atom. The van der Waals surface area contributed by atoms with Crippen LogP contribution in [-0.4, -0.2) is 23.2 Å². The van der Waals surface area contributed by atoms with Gasteiger partial charge in [0, 0.05) is 11.9 Å².